The number of benzene rings is 1. The molecule has 0 amide bonds. The van der Waals surface area contributed by atoms with Gasteiger partial charge in [-0.15, -0.1) is 0 Å². The van der Waals surface area contributed by atoms with Gasteiger partial charge in [0.15, 0.2) is 0 Å². The van der Waals surface area contributed by atoms with Gasteiger partial charge in [0.05, 0.1) is 11.2 Å². The average molecular weight is 331 g/mol. The number of halogens is 2. The van der Waals surface area contributed by atoms with Crippen LogP contribution in [0.15, 0.2) is 16.6 Å². The van der Waals surface area contributed by atoms with Gasteiger partial charge < -0.3 is 9.31 Å². The summed E-state index contributed by atoms with van der Waals surface area (Å²) in [6.07, 6.45) is 0. The molecule has 2 rings (SSSR count). The van der Waals surface area contributed by atoms with E-state index < -0.39 is 0 Å². The SMILES string of the molecule is Cc1cc(Br)c(B2OC(C)(C)C(C)(C)O2)cc1Cl. The van der Waals surface area contributed by atoms with E-state index in [1.807, 2.05) is 46.8 Å². The van der Waals surface area contributed by atoms with E-state index in [1.165, 1.54) is 0 Å². The van der Waals surface area contributed by atoms with Crippen molar-refractivity contribution in [3.05, 3.63) is 27.2 Å². The molecule has 2 nitrogen and oxygen atoms in total. The maximum Gasteiger partial charge on any atom is 0.496 e. The van der Waals surface area contributed by atoms with E-state index in [0.717, 1.165) is 20.5 Å². The van der Waals surface area contributed by atoms with Gasteiger partial charge >= 0.3 is 7.12 Å². The predicted octanol–water partition coefficient (Wildman–Crippen LogP) is 3.71. The van der Waals surface area contributed by atoms with Gasteiger partial charge in [-0.3, -0.25) is 0 Å². The van der Waals surface area contributed by atoms with E-state index in [4.69, 9.17) is 20.9 Å². The Labute approximate surface area is 122 Å². The van der Waals surface area contributed by atoms with E-state index in [0.29, 0.717) is 0 Å². The van der Waals surface area contributed by atoms with Gasteiger partial charge in [0.1, 0.15) is 0 Å². The summed E-state index contributed by atoms with van der Waals surface area (Å²) in [6, 6.07) is 3.89. The minimum atomic E-state index is -0.387. The van der Waals surface area contributed by atoms with Crippen LogP contribution in [-0.4, -0.2) is 18.3 Å². The van der Waals surface area contributed by atoms with Crippen molar-refractivity contribution in [2.24, 2.45) is 0 Å². The topological polar surface area (TPSA) is 18.5 Å². The lowest BCUT2D eigenvalue weighted by Gasteiger charge is -2.32. The van der Waals surface area contributed by atoms with Crippen molar-refractivity contribution in [3.8, 4) is 0 Å². The van der Waals surface area contributed by atoms with Gasteiger partial charge in [-0.25, -0.2) is 0 Å². The number of aryl methyl sites for hydroxylation is 1. The largest absolute Gasteiger partial charge is 0.496 e. The zero-order chi connectivity index (χ0) is 13.7. The molecular formula is C13H17BBrClO2. The molecule has 1 fully saturated rings. The molecule has 1 saturated heterocycles. The average Bonchev–Trinajstić information content (AvgIpc) is 2.42. The highest BCUT2D eigenvalue weighted by Crippen LogP contribution is 2.37. The summed E-state index contributed by atoms with van der Waals surface area (Å²) in [4.78, 5) is 0. The summed E-state index contributed by atoms with van der Waals surface area (Å²) in [5.74, 6) is 0. The van der Waals surface area contributed by atoms with E-state index in [1.54, 1.807) is 0 Å². The highest BCUT2D eigenvalue weighted by Gasteiger charge is 2.52. The normalized spacial score (nSPS) is 21.4. The first-order chi connectivity index (χ1) is 8.14. The van der Waals surface area contributed by atoms with Gasteiger partial charge in [-0.2, -0.15) is 0 Å². The summed E-state index contributed by atoms with van der Waals surface area (Å²) in [6.45, 7) is 10.1. The van der Waals surface area contributed by atoms with Crippen LogP contribution in [0.1, 0.15) is 33.3 Å². The van der Waals surface area contributed by atoms with Gasteiger partial charge in [0, 0.05) is 9.50 Å². The maximum atomic E-state index is 6.17. The molecule has 98 valence electrons. The third-order valence-corrected chi connectivity index (χ3v) is 4.88. The zero-order valence-corrected chi connectivity index (χ0v) is 13.6. The first-order valence-corrected chi connectivity index (χ1v) is 7.12. The standard InChI is InChI=1S/C13H17BBrClO2/c1-8-6-10(15)9(7-11(8)16)14-17-12(2,3)13(4,5)18-14/h6-7H,1-5H3. The Hall–Kier alpha value is -0.0251. The minimum absolute atomic E-state index is 0.339. The monoisotopic (exact) mass is 330 g/mol. The highest BCUT2D eigenvalue weighted by atomic mass is 79.9. The summed E-state index contributed by atoms with van der Waals surface area (Å²) < 4.78 is 13.0. The molecule has 0 spiro atoms. The Balaban J connectivity index is 2.38. The van der Waals surface area contributed by atoms with Gasteiger partial charge in [0.25, 0.3) is 0 Å². The van der Waals surface area contributed by atoms with Crippen LogP contribution in [0.25, 0.3) is 0 Å². The minimum Gasteiger partial charge on any atom is -0.399 e. The molecule has 1 aromatic rings. The highest BCUT2D eigenvalue weighted by molar-refractivity contribution is 9.10. The lowest BCUT2D eigenvalue weighted by Crippen LogP contribution is -2.41. The molecular weight excluding hydrogens is 314 g/mol. The van der Waals surface area contributed by atoms with Crippen molar-refractivity contribution < 1.29 is 9.31 Å². The Kier molecular flexibility index (Phi) is 3.61. The molecule has 1 aliphatic rings. The fourth-order valence-corrected chi connectivity index (χ4v) is 2.63. The van der Waals surface area contributed by atoms with Crippen LogP contribution in [0, 0.1) is 6.92 Å². The van der Waals surface area contributed by atoms with Crippen LogP contribution in [0.3, 0.4) is 0 Å². The fourth-order valence-electron chi connectivity index (χ4n) is 1.81. The van der Waals surface area contributed by atoms with Crippen LogP contribution in [0.5, 0.6) is 0 Å². The molecule has 0 unspecified atom stereocenters. The number of rotatable bonds is 1. The Bertz CT molecular complexity index is 472. The molecule has 0 aliphatic carbocycles. The second-order valence-electron chi connectivity index (χ2n) is 5.71. The molecule has 0 radical (unpaired) electrons. The van der Waals surface area contributed by atoms with Crippen LogP contribution in [0.4, 0.5) is 0 Å². The van der Waals surface area contributed by atoms with E-state index in [-0.39, 0.29) is 18.3 Å². The van der Waals surface area contributed by atoms with E-state index in [9.17, 15) is 0 Å². The Morgan fingerprint density at radius 2 is 1.61 bits per heavy atom. The number of hydrogen-bond acceptors (Lipinski definition) is 2. The lowest BCUT2D eigenvalue weighted by atomic mass is 9.79. The zero-order valence-electron chi connectivity index (χ0n) is 11.3. The van der Waals surface area contributed by atoms with Crippen molar-refractivity contribution in [1.82, 2.24) is 0 Å². The smallest absolute Gasteiger partial charge is 0.399 e. The van der Waals surface area contributed by atoms with Crippen molar-refractivity contribution in [2.75, 3.05) is 0 Å². The molecule has 1 aromatic carbocycles. The summed E-state index contributed by atoms with van der Waals surface area (Å²) in [5.41, 5.74) is 1.29. The fraction of sp³-hybridized carbons (Fsp3) is 0.538. The van der Waals surface area contributed by atoms with Crippen molar-refractivity contribution in [2.45, 2.75) is 45.8 Å². The summed E-state index contributed by atoms with van der Waals surface area (Å²) in [7, 11) is -0.387. The molecule has 18 heavy (non-hydrogen) atoms. The lowest BCUT2D eigenvalue weighted by molar-refractivity contribution is 0.00578. The third-order valence-electron chi connectivity index (χ3n) is 3.79. The van der Waals surface area contributed by atoms with Crippen molar-refractivity contribution in [3.63, 3.8) is 0 Å². The molecule has 0 aromatic heterocycles. The molecule has 5 heteroatoms. The Morgan fingerprint density at radius 1 is 1.11 bits per heavy atom. The van der Waals surface area contributed by atoms with Gasteiger partial charge in [0.2, 0.25) is 0 Å². The second kappa shape index (κ2) is 4.52. The quantitative estimate of drug-likeness (QED) is 0.731. The second-order valence-corrected chi connectivity index (χ2v) is 6.97. The third kappa shape index (κ3) is 2.36. The van der Waals surface area contributed by atoms with E-state index in [2.05, 4.69) is 15.9 Å². The molecule has 0 bridgehead atoms. The van der Waals surface area contributed by atoms with Crippen molar-refractivity contribution in [1.29, 1.82) is 0 Å². The molecule has 0 saturated carbocycles. The predicted molar refractivity (Wildman–Crippen MR) is 79.6 cm³/mol. The van der Waals surface area contributed by atoms with E-state index >= 15 is 0 Å². The first-order valence-electron chi connectivity index (χ1n) is 5.95. The Morgan fingerprint density at radius 3 is 2.11 bits per heavy atom. The maximum absolute atomic E-state index is 6.17. The van der Waals surface area contributed by atoms with Gasteiger partial charge in [-0.1, -0.05) is 27.5 Å². The van der Waals surface area contributed by atoms with Crippen LogP contribution in [-0.2, 0) is 9.31 Å². The van der Waals surface area contributed by atoms with Crippen molar-refractivity contribution >= 4 is 40.1 Å². The van der Waals surface area contributed by atoms with Crippen LogP contribution >= 0.6 is 27.5 Å². The first kappa shape index (κ1) is 14.4. The molecule has 1 heterocycles. The molecule has 1 aliphatic heterocycles. The molecule has 0 N–H and O–H groups in total. The van der Waals surface area contributed by atoms with Crippen LogP contribution in [0.2, 0.25) is 5.02 Å². The number of hydrogen-bond donors (Lipinski definition) is 0. The molecule has 0 atom stereocenters. The van der Waals surface area contributed by atoms with Gasteiger partial charge in [-0.05, 0) is 57.8 Å². The van der Waals surface area contributed by atoms with Crippen LogP contribution < -0.4 is 5.46 Å². The summed E-state index contributed by atoms with van der Waals surface area (Å²) >= 11 is 9.72. The summed E-state index contributed by atoms with van der Waals surface area (Å²) in [5, 5.41) is 0.725.